The second-order valence-electron chi connectivity index (χ2n) is 21.0. The Balaban J connectivity index is 2.68. The Bertz CT molecular complexity index is 1370. The molecule has 1 aliphatic heterocycles. The first-order valence-corrected chi connectivity index (χ1v) is 30.3. The van der Waals surface area contributed by atoms with Gasteiger partial charge in [0.05, 0.1) is 6.61 Å². The number of allylic oxidation sites excluding steroid dienone is 4. The fraction of sp³-hybridized carbons (Fsp3) is 0.869. The molecule has 426 valence electrons. The Morgan fingerprint density at radius 3 is 1.26 bits per heavy atom. The van der Waals surface area contributed by atoms with Crippen LogP contribution in [0.2, 0.25) is 0 Å². The van der Waals surface area contributed by atoms with E-state index in [1.807, 2.05) is 0 Å². The normalized spacial score (nSPS) is 18.4. The van der Waals surface area contributed by atoms with Gasteiger partial charge in [0.2, 0.25) is 0 Å². The van der Waals surface area contributed by atoms with Crippen LogP contribution in [0.4, 0.5) is 0 Å². The first kappa shape index (κ1) is 68.2. The monoisotopic (exact) mass is 1030 g/mol. The molecule has 1 aliphatic rings. The van der Waals surface area contributed by atoms with Gasteiger partial charge in [-0.3, -0.25) is 14.4 Å². The number of aliphatic hydroxyl groups is 2. The molecule has 6 atom stereocenters. The van der Waals surface area contributed by atoms with Crippen molar-refractivity contribution in [2.24, 2.45) is 0 Å². The van der Waals surface area contributed by atoms with Gasteiger partial charge in [0, 0.05) is 19.3 Å². The second-order valence-corrected chi connectivity index (χ2v) is 21.0. The third kappa shape index (κ3) is 40.2. The number of carbonyl (C=O) groups excluding carboxylic acids is 3. The molecule has 1 rings (SSSR count). The third-order valence-corrected chi connectivity index (χ3v) is 14.0. The van der Waals surface area contributed by atoms with Crippen LogP contribution in [0.15, 0.2) is 24.3 Å². The predicted octanol–water partition coefficient (Wildman–Crippen LogP) is 15.5. The van der Waals surface area contributed by atoms with E-state index in [1.54, 1.807) is 0 Å². The molecule has 0 spiro atoms. The van der Waals surface area contributed by atoms with E-state index in [0.29, 0.717) is 19.3 Å². The first-order valence-electron chi connectivity index (χ1n) is 30.3. The average molecular weight is 1040 g/mol. The van der Waals surface area contributed by atoms with Gasteiger partial charge in [0.25, 0.3) is 0 Å². The molecule has 3 N–H and O–H groups in total. The molecule has 0 amide bonds. The summed E-state index contributed by atoms with van der Waals surface area (Å²) in [6.07, 6.45) is 44.3. The number of hydrogen-bond acceptors (Lipinski definition) is 11. The molecular formula is C61H110O12. The minimum absolute atomic E-state index is 0.0492. The van der Waals surface area contributed by atoms with E-state index in [-0.39, 0.29) is 25.9 Å². The van der Waals surface area contributed by atoms with E-state index in [0.717, 1.165) is 83.5 Å². The lowest BCUT2D eigenvalue weighted by atomic mass is 9.98. The van der Waals surface area contributed by atoms with Crippen LogP contribution in [0.5, 0.6) is 0 Å². The molecular weight excluding hydrogens is 925 g/mol. The summed E-state index contributed by atoms with van der Waals surface area (Å²) in [5.74, 6) is -3.10. The maximum absolute atomic E-state index is 13.1. The van der Waals surface area contributed by atoms with Crippen LogP contribution < -0.4 is 0 Å². The van der Waals surface area contributed by atoms with Gasteiger partial charge in [-0.1, -0.05) is 244 Å². The van der Waals surface area contributed by atoms with Gasteiger partial charge in [-0.05, 0) is 51.4 Å². The molecule has 6 unspecified atom stereocenters. The maximum Gasteiger partial charge on any atom is 0.335 e. The van der Waals surface area contributed by atoms with Crippen molar-refractivity contribution in [2.75, 3.05) is 13.2 Å². The van der Waals surface area contributed by atoms with Crippen molar-refractivity contribution in [2.45, 2.75) is 327 Å². The quantitative estimate of drug-likeness (QED) is 0.0228. The van der Waals surface area contributed by atoms with E-state index in [2.05, 4.69) is 45.1 Å². The topological polar surface area (TPSA) is 175 Å². The van der Waals surface area contributed by atoms with E-state index in [9.17, 15) is 34.5 Å². The molecule has 0 aliphatic carbocycles. The highest BCUT2D eigenvalue weighted by Gasteiger charge is 2.50. The summed E-state index contributed by atoms with van der Waals surface area (Å²) < 4.78 is 28.4. The number of carboxylic acids is 1. The molecule has 12 heteroatoms. The van der Waals surface area contributed by atoms with Crippen LogP contribution in [-0.2, 0) is 42.9 Å². The number of carbonyl (C=O) groups is 4. The lowest BCUT2D eigenvalue weighted by molar-refractivity contribution is -0.301. The van der Waals surface area contributed by atoms with Gasteiger partial charge in [-0.2, -0.15) is 0 Å². The molecule has 0 bridgehead atoms. The number of ether oxygens (including phenoxy) is 5. The number of rotatable bonds is 52. The molecule has 1 saturated heterocycles. The Labute approximate surface area is 445 Å². The van der Waals surface area contributed by atoms with Crippen LogP contribution >= 0.6 is 0 Å². The van der Waals surface area contributed by atoms with Crippen LogP contribution in [0.1, 0.15) is 290 Å². The molecule has 73 heavy (non-hydrogen) atoms. The van der Waals surface area contributed by atoms with Crippen LogP contribution in [-0.4, -0.2) is 89.2 Å². The summed E-state index contributed by atoms with van der Waals surface area (Å²) in [4.78, 5) is 51.1. The van der Waals surface area contributed by atoms with Gasteiger partial charge in [-0.25, -0.2) is 4.79 Å². The Hall–Kier alpha value is -2.80. The lowest BCUT2D eigenvalue weighted by Gasteiger charge is -2.40. The lowest BCUT2D eigenvalue weighted by Crippen LogP contribution is -2.61. The Morgan fingerprint density at radius 1 is 0.452 bits per heavy atom. The van der Waals surface area contributed by atoms with E-state index in [1.165, 1.54) is 148 Å². The van der Waals surface area contributed by atoms with Gasteiger partial charge < -0.3 is 39.0 Å². The smallest absolute Gasteiger partial charge is 0.335 e. The van der Waals surface area contributed by atoms with Crippen molar-refractivity contribution >= 4 is 23.9 Å². The molecule has 1 heterocycles. The SMILES string of the molecule is CCCCC/C=C\C/C=C\CCCCCCCC(=O)OC1C(OCC(COC(=O)CCCCCCCCCCCCCCCCC)OC(=O)CCCCCCCCCCCCCCC)OC(C(=O)O)C(O)C1O. The standard InChI is InChI=1S/C61H110O12/c1-4-7-10-13-16-19-22-25-27-30-32-35-38-41-44-47-53(62)69-50-52(71-54(63)48-45-42-39-36-33-29-24-21-18-15-12-9-6-3)51-70-61-59(57(66)56(65)58(73-61)60(67)68)72-55(64)49-46-43-40-37-34-31-28-26-23-20-17-14-11-8-5-2/h17,20,26,28,52,56-59,61,65-66H,4-16,18-19,21-25,27,29-51H2,1-3H3,(H,67,68)/b20-17-,28-26-. The minimum Gasteiger partial charge on any atom is -0.479 e. The molecule has 0 saturated carbocycles. The summed E-state index contributed by atoms with van der Waals surface area (Å²) in [5, 5.41) is 31.5. The van der Waals surface area contributed by atoms with Crippen molar-refractivity contribution in [3.8, 4) is 0 Å². The number of aliphatic carboxylic acids is 1. The van der Waals surface area contributed by atoms with Crippen LogP contribution in [0.3, 0.4) is 0 Å². The summed E-state index contributed by atoms with van der Waals surface area (Å²) in [7, 11) is 0. The van der Waals surface area contributed by atoms with E-state index >= 15 is 0 Å². The van der Waals surface area contributed by atoms with Gasteiger partial charge in [-0.15, -0.1) is 0 Å². The predicted molar refractivity (Wildman–Crippen MR) is 294 cm³/mol. The number of carboxylic acid groups (broad SMARTS) is 1. The van der Waals surface area contributed by atoms with E-state index in [4.69, 9.17) is 23.7 Å². The fourth-order valence-electron chi connectivity index (χ4n) is 9.34. The third-order valence-electron chi connectivity index (χ3n) is 14.0. The first-order chi connectivity index (χ1) is 35.6. The maximum atomic E-state index is 13.1. The number of aliphatic hydroxyl groups excluding tert-OH is 2. The van der Waals surface area contributed by atoms with E-state index < -0.39 is 67.3 Å². The van der Waals surface area contributed by atoms with Crippen molar-refractivity contribution in [1.82, 2.24) is 0 Å². The molecule has 0 aromatic heterocycles. The minimum atomic E-state index is -1.90. The van der Waals surface area contributed by atoms with Gasteiger partial charge >= 0.3 is 23.9 Å². The molecule has 0 radical (unpaired) electrons. The largest absolute Gasteiger partial charge is 0.479 e. The summed E-state index contributed by atoms with van der Waals surface area (Å²) in [6.45, 7) is 5.99. The van der Waals surface area contributed by atoms with Crippen molar-refractivity contribution in [1.29, 1.82) is 0 Å². The molecule has 1 fully saturated rings. The highest BCUT2D eigenvalue weighted by Crippen LogP contribution is 2.27. The number of hydrogen-bond donors (Lipinski definition) is 3. The number of unbranched alkanes of at least 4 members (excludes halogenated alkanes) is 34. The Kier molecular flexibility index (Phi) is 46.8. The van der Waals surface area contributed by atoms with Crippen molar-refractivity contribution in [3.63, 3.8) is 0 Å². The van der Waals surface area contributed by atoms with Crippen molar-refractivity contribution in [3.05, 3.63) is 24.3 Å². The number of esters is 3. The summed E-state index contributed by atoms with van der Waals surface area (Å²) in [6, 6.07) is 0. The van der Waals surface area contributed by atoms with Gasteiger partial charge in [0.15, 0.2) is 24.6 Å². The zero-order valence-corrected chi connectivity index (χ0v) is 46.9. The zero-order valence-electron chi connectivity index (χ0n) is 46.9. The molecule has 0 aromatic carbocycles. The molecule has 0 aromatic rings. The summed E-state index contributed by atoms with van der Waals surface area (Å²) >= 11 is 0. The van der Waals surface area contributed by atoms with Crippen LogP contribution in [0.25, 0.3) is 0 Å². The van der Waals surface area contributed by atoms with Crippen molar-refractivity contribution < 1.29 is 58.2 Å². The second kappa shape index (κ2) is 50.0. The summed E-state index contributed by atoms with van der Waals surface area (Å²) in [5.41, 5.74) is 0. The highest BCUT2D eigenvalue weighted by atomic mass is 16.7. The van der Waals surface area contributed by atoms with Crippen LogP contribution in [0, 0.1) is 0 Å². The fourth-order valence-corrected chi connectivity index (χ4v) is 9.34. The molecule has 12 nitrogen and oxygen atoms in total. The Morgan fingerprint density at radius 2 is 0.822 bits per heavy atom. The zero-order chi connectivity index (χ0) is 53.3. The van der Waals surface area contributed by atoms with Gasteiger partial charge in [0.1, 0.15) is 18.8 Å². The average Bonchev–Trinajstić information content (AvgIpc) is 3.37. The highest BCUT2D eigenvalue weighted by molar-refractivity contribution is 5.74.